The highest BCUT2D eigenvalue weighted by molar-refractivity contribution is 7.20. The van der Waals surface area contributed by atoms with Crippen LogP contribution in [-0.4, -0.2) is 9.38 Å². The third kappa shape index (κ3) is 6.20. The van der Waals surface area contributed by atoms with Crippen molar-refractivity contribution in [3.8, 4) is 10.4 Å². The van der Waals surface area contributed by atoms with Crippen molar-refractivity contribution in [3.63, 3.8) is 0 Å². The molecule has 0 atom stereocenters. The zero-order valence-corrected chi connectivity index (χ0v) is 18.6. The number of thiazole rings is 1. The van der Waals surface area contributed by atoms with Gasteiger partial charge in [0.1, 0.15) is 0 Å². The van der Waals surface area contributed by atoms with Gasteiger partial charge < -0.3 is 0 Å². The summed E-state index contributed by atoms with van der Waals surface area (Å²) in [5.41, 5.74) is 4.02. The van der Waals surface area contributed by atoms with Gasteiger partial charge in [0.05, 0.1) is 10.6 Å². The lowest BCUT2D eigenvalue weighted by atomic mass is 10.0. The van der Waals surface area contributed by atoms with Gasteiger partial charge in [-0.1, -0.05) is 101 Å². The van der Waals surface area contributed by atoms with Crippen LogP contribution < -0.4 is 0 Å². The van der Waals surface area contributed by atoms with E-state index in [2.05, 4.69) is 54.9 Å². The van der Waals surface area contributed by atoms with E-state index in [0.29, 0.717) is 0 Å². The van der Waals surface area contributed by atoms with Crippen molar-refractivity contribution >= 4 is 16.3 Å². The number of nitrogens with zero attached hydrogens (tertiary/aromatic N) is 2. The largest absolute Gasteiger partial charge is 0.297 e. The molecule has 0 fully saturated rings. The Balaban J connectivity index is 1.51. The second-order valence-electron chi connectivity index (χ2n) is 8.04. The first kappa shape index (κ1) is 21.1. The highest BCUT2D eigenvalue weighted by Crippen LogP contribution is 2.29. The molecule has 0 aliphatic carbocycles. The smallest absolute Gasteiger partial charge is 0.194 e. The quantitative estimate of drug-likeness (QED) is 0.267. The summed E-state index contributed by atoms with van der Waals surface area (Å²) in [6, 6.07) is 9.17. The van der Waals surface area contributed by atoms with Crippen LogP contribution >= 0.6 is 11.3 Å². The highest BCUT2D eigenvalue weighted by atomic mass is 32.1. The van der Waals surface area contributed by atoms with Crippen LogP contribution in [0.15, 0.2) is 36.7 Å². The number of benzene rings is 1. The van der Waals surface area contributed by atoms with Crippen LogP contribution in [0.25, 0.3) is 15.4 Å². The van der Waals surface area contributed by atoms with E-state index in [4.69, 9.17) is 4.98 Å². The predicted octanol–water partition coefficient (Wildman–Crippen LogP) is 8.09. The number of unbranched alkanes of at least 4 members (excludes halogenated alkanes) is 8. The van der Waals surface area contributed by atoms with Crippen molar-refractivity contribution in [2.24, 2.45) is 0 Å². The molecule has 0 radical (unpaired) electrons. The summed E-state index contributed by atoms with van der Waals surface area (Å²) in [6.45, 7) is 4.54. The normalized spacial score (nSPS) is 11.5. The second kappa shape index (κ2) is 11.4. The Hall–Kier alpha value is -1.61. The Morgan fingerprint density at radius 1 is 0.750 bits per heavy atom. The third-order valence-electron chi connectivity index (χ3n) is 5.55. The first-order valence-corrected chi connectivity index (χ1v) is 12.2. The summed E-state index contributed by atoms with van der Waals surface area (Å²) in [5.74, 6) is 0. The van der Waals surface area contributed by atoms with Crippen LogP contribution in [-0.2, 0) is 12.8 Å². The Bertz CT molecular complexity index is 781. The summed E-state index contributed by atoms with van der Waals surface area (Å²) in [5, 5.41) is 0. The maximum Gasteiger partial charge on any atom is 0.194 e. The van der Waals surface area contributed by atoms with E-state index in [0.717, 1.165) is 11.4 Å². The molecule has 0 N–H and O–H groups in total. The molecule has 2 nitrogen and oxygen atoms in total. The number of aryl methyl sites for hydroxylation is 2. The minimum atomic E-state index is 1.11. The molecule has 0 bridgehead atoms. The van der Waals surface area contributed by atoms with E-state index in [9.17, 15) is 0 Å². The topological polar surface area (TPSA) is 17.3 Å². The molecule has 28 heavy (non-hydrogen) atoms. The van der Waals surface area contributed by atoms with Gasteiger partial charge >= 0.3 is 0 Å². The van der Waals surface area contributed by atoms with Gasteiger partial charge in [-0.25, -0.2) is 4.98 Å². The van der Waals surface area contributed by atoms with Crippen molar-refractivity contribution in [2.75, 3.05) is 0 Å². The zero-order valence-electron chi connectivity index (χ0n) is 17.8. The van der Waals surface area contributed by atoms with Gasteiger partial charge in [-0.3, -0.25) is 4.40 Å². The molecule has 3 rings (SSSR count). The molecule has 0 saturated carbocycles. The van der Waals surface area contributed by atoms with Crippen LogP contribution in [0.1, 0.15) is 89.3 Å². The molecule has 3 aromatic rings. The summed E-state index contributed by atoms with van der Waals surface area (Å²) in [4.78, 5) is 7.28. The first-order chi connectivity index (χ1) is 13.8. The van der Waals surface area contributed by atoms with Gasteiger partial charge in [0.25, 0.3) is 0 Å². The van der Waals surface area contributed by atoms with Gasteiger partial charge in [-0.15, -0.1) is 0 Å². The van der Waals surface area contributed by atoms with Crippen molar-refractivity contribution in [1.82, 2.24) is 9.38 Å². The van der Waals surface area contributed by atoms with Gasteiger partial charge in [-0.2, -0.15) is 0 Å². The minimum absolute atomic E-state index is 1.11. The SMILES string of the molecule is CCCCCCCc1ccc(-c2cn3cc(CCCCCCC)nc3s2)cc1. The molecular formula is C25H36N2S. The number of imidazole rings is 1. The van der Waals surface area contributed by atoms with Crippen LogP contribution in [0.2, 0.25) is 0 Å². The van der Waals surface area contributed by atoms with Gasteiger partial charge in [0.15, 0.2) is 4.96 Å². The lowest BCUT2D eigenvalue weighted by Gasteiger charge is -2.03. The molecule has 152 valence electrons. The monoisotopic (exact) mass is 396 g/mol. The Morgan fingerprint density at radius 3 is 2.04 bits per heavy atom. The molecular weight excluding hydrogens is 360 g/mol. The van der Waals surface area contributed by atoms with Gasteiger partial charge in [-0.05, 0) is 36.8 Å². The number of hydrogen-bond acceptors (Lipinski definition) is 2. The van der Waals surface area contributed by atoms with Crippen LogP contribution in [0.4, 0.5) is 0 Å². The Kier molecular flexibility index (Phi) is 8.60. The fourth-order valence-electron chi connectivity index (χ4n) is 3.78. The molecule has 0 saturated heterocycles. The lowest BCUT2D eigenvalue weighted by Crippen LogP contribution is -1.86. The standard InChI is InChI=1S/C25H36N2S/c1-3-5-7-9-11-13-21-15-17-22(18-16-21)24-20-27-19-23(26-25(27)28-24)14-12-10-8-6-4-2/h15-20H,3-14H2,1-2H3. The molecule has 0 aliphatic heterocycles. The first-order valence-electron chi connectivity index (χ1n) is 11.4. The minimum Gasteiger partial charge on any atom is -0.297 e. The number of hydrogen-bond donors (Lipinski definition) is 0. The van der Waals surface area contributed by atoms with Crippen LogP contribution in [0.3, 0.4) is 0 Å². The molecule has 1 aromatic carbocycles. The lowest BCUT2D eigenvalue weighted by molar-refractivity contribution is 0.629. The Morgan fingerprint density at radius 2 is 1.39 bits per heavy atom. The van der Waals surface area contributed by atoms with Crippen molar-refractivity contribution in [3.05, 3.63) is 47.9 Å². The maximum absolute atomic E-state index is 4.84. The van der Waals surface area contributed by atoms with Gasteiger partial charge in [0, 0.05) is 12.4 Å². The highest BCUT2D eigenvalue weighted by Gasteiger charge is 2.08. The van der Waals surface area contributed by atoms with E-state index >= 15 is 0 Å². The average Bonchev–Trinajstić information content (AvgIpc) is 3.27. The third-order valence-corrected chi connectivity index (χ3v) is 6.60. The van der Waals surface area contributed by atoms with Crippen molar-refractivity contribution in [1.29, 1.82) is 0 Å². The van der Waals surface area contributed by atoms with Crippen molar-refractivity contribution < 1.29 is 0 Å². The van der Waals surface area contributed by atoms with E-state index in [1.165, 1.54) is 92.3 Å². The summed E-state index contributed by atoms with van der Waals surface area (Å²) < 4.78 is 2.21. The molecule has 2 aromatic heterocycles. The summed E-state index contributed by atoms with van der Waals surface area (Å²) >= 11 is 1.80. The van der Waals surface area contributed by atoms with E-state index < -0.39 is 0 Å². The Labute approximate surface area is 175 Å². The van der Waals surface area contributed by atoms with Crippen LogP contribution in [0, 0.1) is 0 Å². The zero-order chi connectivity index (χ0) is 19.6. The van der Waals surface area contributed by atoms with Crippen molar-refractivity contribution in [2.45, 2.75) is 90.9 Å². The second-order valence-corrected chi connectivity index (χ2v) is 9.05. The molecule has 0 unspecified atom stereocenters. The number of aromatic nitrogens is 2. The van der Waals surface area contributed by atoms with Gasteiger partial charge in [0.2, 0.25) is 0 Å². The fourth-order valence-corrected chi connectivity index (χ4v) is 4.77. The maximum atomic E-state index is 4.84. The fraction of sp³-hybridized carbons (Fsp3) is 0.560. The van der Waals surface area contributed by atoms with Crippen LogP contribution in [0.5, 0.6) is 0 Å². The predicted molar refractivity (Wildman–Crippen MR) is 123 cm³/mol. The van der Waals surface area contributed by atoms with E-state index in [1.807, 2.05) is 0 Å². The molecule has 2 heterocycles. The number of rotatable bonds is 13. The van der Waals surface area contributed by atoms with E-state index in [-0.39, 0.29) is 0 Å². The molecule has 0 amide bonds. The molecule has 0 spiro atoms. The molecule has 0 aliphatic rings. The molecule has 3 heteroatoms. The summed E-state index contributed by atoms with van der Waals surface area (Å²) in [7, 11) is 0. The number of fused-ring (bicyclic) bond motifs is 1. The average molecular weight is 397 g/mol. The summed E-state index contributed by atoms with van der Waals surface area (Å²) in [6.07, 6.45) is 20.1. The van der Waals surface area contributed by atoms with E-state index in [1.54, 1.807) is 11.3 Å².